The van der Waals surface area contributed by atoms with Crippen LogP contribution in [-0.4, -0.2) is 5.78 Å². The highest BCUT2D eigenvalue weighted by Gasteiger charge is 2.15. The predicted octanol–water partition coefficient (Wildman–Crippen LogP) is 3.85. The van der Waals surface area contributed by atoms with Crippen molar-refractivity contribution in [3.63, 3.8) is 0 Å². The second-order valence-electron chi connectivity index (χ2n) is 3.44. The fourth-order valence-corrected chi connectivity index (χ4v) is 1.65. The summed E-state index contributed by atoms with van der Waals surface area (Å²) in [5, 5.41) is -0.221. The molecule has 0 unspecified atom stereocenters. The molecule has 2 aromatic rings. The van der Waals surface area contributed by atoms with Gasteiger partial charge in [0.15, 0.2) is 5.78 Å². The van der Waals surface area contributed by atoms with Crippen molar-refractivity contribution >= 4 is 17.4 Å². The van der Waals surface area contributed by atoms with Crippen molar-refractivity contribution in [2.45, 2.75) is 0 Å². The van der Waals surface area contributed by atoms with Crippen LogP contribution in [0.4, 0.5) is 8.78 Å². The Morgan fingerprint density at radius 1 is 1.00 bits per heavy atom. The largest absolute Gasteiger partial charge is 0.289 e. The Hall–Kier alpha value is -1.74. The van der Waals surface area contributed by atoms with E-state index in [0.29, 0.717) is 0 Å². The van der Waals surface area contributed by atoms with Gasteiger partial charge in [0.25, 0.3) is 0 Å². The second kappa shape index (κ2) is 4.63. The van der Waals surface area contributed by atoms with Crippen LogP contribution in [-0.2, 0) is 0 Å². The van der Waals surface area contributed by atoms with E-state index < -0.39 is 17.4 Å². The molecule has 0 aliphatic rings. The van der Waals surface area contributed by atoms with E-state index in [9.17, 15) is 13.6 Å². The van der Waals surface area contributed by atoms with Crippen molar-refractivity contribution in [3.05, 3.63) is 70.2 Å². The number of hydrogen-bond donors (Lipinski definition) is 0. The van der Waals surface area contributed by atoms with Gasteiger partial charge in [0, 0.05) is 11.1 Å². The first-order valence-electron chi connectivity index (χ1n) is 4.84. The molecule has 0 spiro atoms. The predicted molar refractivity (Wildman–Crippen MR) is 61.2 cm³/mol. The van der Waals surface area contributed by atoms with Crippen LogP contribution in [0.1, 0.15) is 15.9 Å². The fraction of sp³-hybridized carbons (Fsp3) is 0. The smallest absolute Gasteiger partial charge is 0.194 e. The summed E-state index contributed by atoms with van der Waals surface area (Å²) >= 11 is 5.70. The Balaban J connectivity index is 2.44. The summed E-state index contributed by atoms with van der Waals surface area (Å²) in [5.74, 6) is -1.53. The lowest BCUT2D eigenvalue weighted by Crippen LogP contribution is -2.03. The molecule has 0 aromatic heterocycles. The van der Waals surface area contributed by atoms with Gasteiger partial charge in [-0.25, -0.2) is 8.78 Å². The Morgan fingerprint density at radius 3 is 2.29 bits per heavy atom. The number of rotatable bonds is 2. The minimum absolute atomic E-state index is 0.0678. The van der Waals surface area contributed by atoms with Gasteiger partial charge in [-0.1, -0.05) is 17.7 Å². The van der Waals surface area contributed by atoms with E-state index in [2.05, 4.69) is 0 Å². The van der Waals surface area contributed by atoms with Crippen LogP contribution in [0.2, 0.25) is 5.02 Å². The van der Waals surface area contributed by atoms with Gasteiger partial charge in [0.05, 0.1) is 5.02 Å². The maximum absolute atomic E-state index is 13.2. The molecule has 86 valence electrons. The molecule has 4 heteroatoms. The van der Waals surface area contributed by atoms with Gasteiger partial charge in [-0.2, -0.15) is 0 Å². The summed E-state index contributed by atoms with van der Waals surface area (Å²) in [6.07, 6.45) is 0. The third-order valence-electron chi connectivity index (χ3n) is 2.30. The average molecular weight is 253 g/mol. The molecule has 0 amide bonds. The van der Waals surface area contributed by atoms with Crippen molar-refractivity contribution in [2.24, 2.45) is 0 Å². The first-order chi connectivity index (χ1) is 8.09. The molecule has 0 saturated carbocycles. The van der Waals surface area contributed by atoms with Crippen LogP contribution in [0, 0.1) is 11.6 Å². The van der Waals surface area contributed by atoms with Crippen LogP contribution in [0.5, 0.6) is 0 Å². The zero-order chi connectivity index (χ0) is 12.4. The average Bonchev–Trinajstić information content (AvgIpc) is 2.33. The van der Waals surface area contributed by atoms with Gasteiger partial charge >= 0.3 is 0 Å². The van der Waals surface area contributed by atoms with E-state index >= 15 is 0 Å². The molecule has 0 aliphatic heterocycles. The highest BCUT2D eigenvalue weighted by atomic mass is 35.5. The number of benzene rings is 2. The number of ketones is 1. The van der Waals surface area contributed by atoms with Crippen molar-refractivity contribution in [1.82, 2.24) is 0 Å². The van der Waals surface area contributed by atoms with E-state index in [0.717, 1.165) is 0 Å². The van der Waals surface area contributed by atoms with E-state index in [1.165, 1.54) is 42.5 Å². The quantitative estimate of drug-likeness (QED) is 0.742. The lowest BCUT2D eigenvalue weighted by Gasteiger charge is -2.04. The molecule has 1 nitrogen and oxygen atoms in total. The molecule has 17 heavy (non-hydrogen) atoms. The van der Waals surface area contributed by atoms with Crippen LogP contribution < -0.4 is 0 Å². The Morgan fingerprint density at radius 2 is 1.65 bits per heavy atom. The molecule has 0 heterocycles. The number of halogens is 3. The molecule has 0 aliphatic carbocycles. The molecule has 0 N–H and O–H groups in total. The zero-order valence-corrected chi connectivity index (χ0v) is 9.34. The number of hydrogen-bond acceptors (Lipinski definition) is 1. The van der Waals surface area contributed by atoms with E-state index in [-0.39, 0.29) is 16.1 Å². The van der Waals surface area contributed by atoms with Gasteiger partial charge < -0.3 is 0 Å². The Kier molecular flexibility index (Phi) is 3.20. The van der Waals surface area contributed by atoms with Crippen molar-refractivity contribution in [2.75, 3.05) is 0 Å². The SMILES string of the molecule is O=C(c1ccc(F)cc1)c1cccc(F)c1Cl. The summed E-state index contributed by atoms with van der Waals surface area (Å²) in [6, 6.07) is 9.00. The topological polar surface area (TPSA) is 17.1 Å². The van der Waals surface area contributed by atoms with Crippen LogP contribution >= 0.6 is 11.6 Å². The summed E-state index contributed by atoms with van der Waals surface area (Å²) in [6.45, 7) is 0. The first-order valence-corrected chi connectivity index (χ1v) is 5.21. The fourth-order valence-electron chi connectivity index (χ4n) is 1.44. The standard InChI is InChI=1S/C13H7ClF2O/c14-12-10(2-1-3-11(12)16)13(17)8-4-6-9(15)7-5-8/h1-7H. The van der Waals surface area contributed by atoms with Crippen LogP contribution in [0.15, 0.2) is 42.5 Å². The van der Waals surface area contributed by atoms with Gasteiger partial charge in [0.2, 0.25) is 0 Å². The van der Waals surface area contributed by atoms with Gasteiger partial charge in [-0.05, 0) is 36.4 Å². The minimum Gasteiger partial charge on any atom is -0.289 e. The Labute approximate surface area is 102 Å². The monoisotopic (exact) mass is 252 g/mol. The minimum atomic E-state index is -0.653. The zero-order valence-electron chi connectivity index (χ0n) is 8.58. The molecular weight excluding hydrogens is 246 g/mol. The summed E-state index contributed by atoms with van der Waals surface area (Å²) in [4.78, 5) is 12.0. The molecule has 0 atom stereocenters. The number of carbonyl (C=O) groups is 1. The number of carbonyl (C=O) groups excluding carboxylic acids is 1. The highest BCUT2D eigenvalue weighted by molar-refractivity contribution is 6.35. The van der Waals surface area contributed by atoms with Crippen molar-refractivity contribution in [1.29, 1.82) is 0 Å². The molecule has 0 saturated heterocycles. The van der Waals surface area contributed by atoms with Crippen LogP contribution in [0.25, 0.3) is 0 Å². The summed E-state index contributed by atoms with van der Waals surface area (Å²) in [5.41, 5.74) is 0.331. The van der Waals surface area contributed by atoms with E-state index in [4.69, 9.17) is 11.6 Å². The Bertz CT molecular complexity index is 564. The molecule has 0 bridgehead atoms. The molecular formula is C13H7ClF2O. The maximum atomic E-state index is 13.2. The van der Waals surface area contributed by atoms with E-state index in [1.54, 1.807) is 0 Å². The molecule has 2 rings (SSSR count). The normalized spacial score (nSPS) is 10.3. The lowest BCUT2D eigenvalue weighted by atomic mass is 10.0. The molecule has 0 fully saturated rings. The van der Waals surface area contributed by atoms with Gasteiger partial charge in [-0.3, -0.25) is 4.79 Å². The van der Waals surface area contributed by atoms with Crippen molar-refractivity contribution < 1.29 is 13.6 Å². The summed E-state index contributed by atoms with van der Waals surface area (Å²) in [7, 11) is 0. The van der Waals surface area contributed by atoms with Crippen molar-refractivity contribution in [3.8, 4) is 0 Å². The molecule has 0 radical (unpaired) electrons. The third-order valence-corrected chi connectivity index (χ3v) is 2.69. The van der Waals surface area contributed by atoms with Gasteiger partial charge in [-0.15, -0.1) is 0 Å². The third kappa shape index (κ3) is 2.34. The lowest BCUT2D eigenvalue weighted by molar-refractivity contribution is 0.103. The summed E-state index contributed by atoms with van der Waals surface area (Å²) < 4.78 is 25.9. The maximum Gasteiger partial charge on any atom is 0.194 e. The highest BCUT2D eigenvalue weighted by Crippen LogP contribution is 2.22. The molecule has 2 aromatic carbocycles. The van der Waals surface area contributed by atoms with Gasteiger partial charge in [0.1, 0.15) is 11.6 Å². The van der Waals surface area contributed by atoms with Crippen LogP contribution in [0.3, 0.4) is 0 Å². The first kappa shape index (κ1) is 11.7. The second-order valence-corrected chi connectivity index (χ2v) is 3.82. The van der Waals surface area contributed by atoms with E-state index in [1.807, 2.05) is 0 Å².